The van der Waals surface area contributed by atoms with Crippen LogP contribution in [-0.2, 0) is 10.0 Å². The van der Waals surface area contributed by atoms with Crippen molar-refractivity contribution in [1.82, 2.24) is 14.2 Å². The Morgan fingerprint density at radius 2 is 1.68 bits per heavy atom. The molecule has 3 aromatic rings. The first-order valence-electron chi connectivity index (χ1n) is 9.15. The molecule has 0 spiro atoms. The van der Waals surface area contributed by atoms with Crippen LogP contribution >= 0.6 is 23.7 Å². The first-order chi connectivity index (χ1) is 14.1. The van der Waals surface area contributed by atoms with Gasteiger partial charge in [-0.3, -0.25) is 9.69 Å². The van der Waals surface area contributed by atoms with Gasteiger partial charge in [0, 0.05) is 32.7 Å². The molecule has 0 aliphatic heterocycles. The van der Waals surface area contributed by atoms with Gasteiger partial charge in [-0.25, -0.2) is 22.1 Å². The number of nitrogens with zero attached hydrogens (tertiary/aromatic N) is 4. The number of aromatic nitrogens is 1. The Bertz CT molecular complexity index is 1160. The third-order valence-electron chi connectivity index (χ3n) is 4.49. The second-order valence-corrected chi connectivity index (χ2v) is 10.3. The predicted molar refractivity (Wildman–Crippen MR) is 124 cm³/mol. The molecule has 0 radical (unpaired) electrons. The number of thiazole rings is 1. The molecule has 0 bridgehead atoms. The number of para-hydroxylation sites is 1. The van der Waals surface area contributed by atoms with E-state index in [0.717, 1.165) is 4.31 Å². The molecule has 0 atom stereocenters. The normalized spacial score (nSPS) is 11.7. The molecule has 0 aliphatic rings. The highest BCUT2D eigenvalue weighted by molar-refractivity contribution is 7.89. The van der Waals surface area contributed by atoms with Gasteiger partial charge in [0.1, 0.15) is 11.3 Å². The number of rotatable bonds is 7. The van der Waals surface area contributed by atoms with Crippen molar-refractivity contribution in [3.05, 3.63) is 53.8 Å². The van der Waals surface area contributed by atoms with Gasteiger partial charge in [0.15, 0.2) is 5.13 Å². The summed E-state index contributed by atoms with van der Waals surface area (Å²) in [5, 5.41) is 0.395. The number of halogens is 2. The molecular formula is C20H24ClFN4O3S2. The van der Waals surface area contributed by atoms with E-state index in [9.17, 15) is 17.6 Å². The summed E-state index contributed by atoms with van der Waals surface area (Å²) < 4.78 is 40.4. The van der Waals surface area contributed by atoms with Crippen LogP contribution in [0.3, 0.4) is 0 Å². The van der Waals surface area contributed by atoms with Crippen LogP contribution in [0, 0.1) is 5.82 Å². The fourth-order valence-corrected chi connectivity index (χ4v) is 4.64. The van der Waals surface area contributed by atoms with Crippen molar-refractivity contribution in [2.75, 3.05) is 46.2 Å². The minimum absolute atomic E-state index is 0. The van der Waals surface area contributed by atoms with Crippen molar-refractivity contribution in [2.24, 2.45) is 0 Å². The molecule has 7 nitrogen and oxygen atoms in total. The van der Waals surface area contributed by atoms with Gasteiger partial charge in [-0.1, -0.05) is 17.4 Å². The van der Waals surface area contributed by atoms with E-state index in [4.69, 9.17) is 0 Å². The molecule has 1 amide bonds. The topological polar surface area (TPSA) is 73.8 Å². The van der Waals surface area contributed by atoms with Gasteiger partial charge in [-0.05, 0) is 50.5 Å². The molecule has 1 aromatic heterocycles. The number of sulfonamides is 1. The van der Waals surface area contributed by atoms with Gasteiger partial charge in [-0.15, -0.1) is 12.4 Å². The van der Waals surface area contributed by atoms with Gasteiger partial charge in [0.2, 0.25) is 10.0 Å². The lowest BCUT2D eigenvalue weighted by molar-refractivity contribution is 0.0985. The van der Waals surface area contributed by atoms with E-state index in [-0.39, 0.29) is 28.7 Å². The Morgan fingerprint density at radius 1 is 1.03 bits per heavy atom. The van der Waals surface area contributed by atoms with E-state index >= 15 is 0 Å². The van der Waals surface area contributed by atoms with E-state index in [1.165, 1.54) is 60.7 Å². The summed E-state index contributed by atoms with van der Waals surface area (Å²) in [4.78, 5) is 21.1. The van der Waals surface area contributed by atoms with Gasteiger partial charge in [0.25, 0.3) is 5.91 Å². The maximum Gasteiger partial charge on any atom is 0.260 e. The number of hydrogen-bond acceptors (Lipinski definition) is 6. The number of hydrogen-bond donors (Lipinski definition) is 0. The Morgan fingerprint density at radius 3 is 2.23 bits per heavy atom. The summed E-state index contributed by atoms with van der Waals surface area (Å²) in [6, 6.07) is 10.5. The standard InChI is InChI=1S/C20H23FN4O3S2.ClH/c1-23(2)12-13-25(20-22-18-16(21)6-5-7-17(18)29-20)19(26)14-8-10-15(11-9-14)30(27,28)24(3)4;/h5-11H,12-13H2,1-4H3;1H. The van der Waals surface area contributed by atoms with Crippen LogP contribution in [0.15, 0.2) is 47.4 Å². The molecule has 11 heteroatoms. The van der Waals surface area contributed by atoms with Gasteiger partial charge in [0.05, 0.1) is 9.60 Å². The van der Waals surface area contributed by atoms with E-state index < -0.39 is 15.8 Å². The van der Waals surface area contributed by atoms with E-state index in [1.54, 1.807) is 12.1 Å². The highest BCUT2D eigenvalue weighted by Gasteiger charge is 2.23. The summed E-state index contributed by atoms with van der Waals surface area (Å²) in [6.45, 7) is 0.933. The lowest BCUT2D eigenvalue weighted by Gasteiger charge is -2.22. The van der Waals surface area contributed by atoms with Crippen molar-refractivity contribution >= 4 is 55.0 Å². The van der Waals surface area contributed by atoms with Gasteiger partial charge in [-0.2, -0.15) is 0 Å². The van der Waals surface area contributed by atoms with E-state index in [1.807, 2.05) is 19.0 Å². The lowest BCUT2D eigenvalue weighted by Crippen LogP contribution is -2.36. The maximum atomic E-state index is 14.1. The first-order valence-corrected chi connectivity index (χ1v) is 11.4. The molecule has 3 rings (SSSR count). The number of carbonyl (C=O) groups excluding carboxylic acids is 1. The van der Waals surface area contributed by atoms with Crippen molar-refractivity contribution < 1.29 is 17.6 Å². The van der Waals surface area contributed by atoms with Gasteiger partial charge >= 0.3 is 0 Å². The second-order valence-electron chi connectivity index (χ2n) is 7.15. The Kier molecular flexibility index (Phi) is 8.12. The van der Waals surface area contributed by atoms with E-state index in [2.05, 4.69) is 4.98 Å². The average molecular weight is 487 g/mol. The minimum atomic E-state index is -3.59. The summed E-state index contributed by atoms with van der Waals surface area (Å²) in [7, 11) is 3.09. The molecule has 0 unspecified atom stereocenters. The number of amides is 1. The molecule has 0 saturated heterocycles. The maximum absolute atomic E-state index is 14.1. The number of likely N-dealkylation sites (N-methyl/N-ethyl adjacent to an activating group) is 1. The molecule has 168 valence electrons. The van der Waals surface area contributed by atoms with Crippen LogP contribution in [0.4, 0.5) is 9.52 Å². The summed E-state index contributed by atoms with van der Waals surface area (Å²) in [6.07, 6.45) is 0. The summed E-state index contributed by atoms with van der Waals surface area (Å²) in [5.41, 5.74) is 0.554. The molecule has 0 fully saturated rings. The largest absolute Gasteiger partial charge is 0.308 e. The van der Waals surface area contributed by atoms with Crippen LogP contribution in [-0.4, -0.2) is 69.8 Å². The third kappa shape index (κ3) is 5.39. The smallest absolute Gasteiger partial charge is 0.260 e. The fraction of sp³-hybridized carbons (Fsp3) is 0.300. The zero-order valence-corrected chi connectivity index (χ0v) is 20.0. The highest BCUT2D eigenvalue weighted by Crippen LogP contribution is 2.31. The van der Waals surface area contributed by atoms with Crippen LogP contribution in [0.25, 0.3) is 10.2 Å². The lowest BCUT2D eigenvalue weighted by atomic mass is 10.2. The quantitative estimate of drug-likeness (QED) is 0.512. The average Bonchev–Trinajstić information content (AvgIpc) is 3.13. The second kappa shape index (κ2) is 10.0. The molecule has 0 aliphatic carbocycles. The molecule has 1 heterocycles. The van der Waals surface area contributed by atoms with Crippen molar-refractivity contribution in [1.29, 1.82) is 0 Å². The SMILES string of the molecule is CN(C)CCN(C(=O)c1ccc(S(=O)(=O)N(C)C)cc1)c1nc2c(F)cccc2s1.Cl. The minimum Gasteiger partial charge on any atom is -0.308 e. The Hall–Kier alpha value is -2.11. The highest BCUT2D eigenvalue weighted by atomic mass is 35.5. The first kappa shape index (κ1) is 25.2. The number of carbonyl (C=O) groups is 1. The van der Waals surface area contributed by atoms with Crippen LogP contribution < -0.4 is 4.90 Å². The zero-order valence-electron chi connectivity index (χ0n) is 17.6. The summed E-state index contributed by atoms with van der Waals surface area (Å²) >= 11 is 1.24. The number of anilines is 1. The third-order valence-corrected chi connectivity index (χ3v) is 7.36. The Labute approximate surface area is 191 Å². The van der Waals surface area contributed by atoms with Crippen molar-refractivity contribution in [3.63, 3.8) is 0 Å². The molecular weight excluding hydrogens is 463 g/mol. The predicted octanol–water partition coefficient (Wildman–Crippen LogP) is 3.32. The number of fused-ring (bicyclic) bond motifs is 1. The molecule has 0 saturated carbocycles. The molecule has 31 heavy (non-hydrogen) atoms. The summed E-state index contributed by atoms with van der Waals surface area (Å²) in [5.74, 6) is -0.765. The van der Waals surface area contributed by atoms with Crippen LogP contribution in [0.2, 0.25) is 0 Å². The van der Waals surface area contributed by atoms with Crippen molar-refractivity contribution in [2.45, 2.75) is 4.90 Å². The monoisotopic (exact) mass is 486 g/mol. The fourth-order valence-electron chi connectivity index (χ4n) is 2.74. The van der Waals surface area contributed by atoms with Crippen molar-refractivity contribution in [3.8, 4) is 0 Å². The van der Waals surface area contributed by atoms with Crippen LogP contribution in [0.5, 0.6) is 0 Å². The molecule has 0 N–H and O–H groups in total. The number of benzene rings is 2. The van der Waals surface area contributed by atoms with Gasteiger partial charge < -0.3 is 4.90 Å². The molecule has 2 aromatic carbocycles. The van der Waals surface area contributed by atoms with Crippen LogP contribution in [0.1, 0.15) is 10.4 Å². The van der Waals surface area contributed by atoms with E-state index in [0.29, 0.717) is 28.5 Å². The zero-order chi connectivity index (χ0) is 22.1. The Balaban J connectivity index is 0.00000341.